The lowest BCUT2D eigenvalue weighted by Crippen LogP contribution is -2.06. The minimum Gasteiger partial charge on any atom is -0.366 e. The number of hydrogen-bond acceptors (Lipinski definition) is 4. The van der Waals surface area contributed by atoms with Crippen molar-refractivity contribution >= 4 is 5.82 Å². The minimum atomic E-state index is 0.830. The predicted octanol–water partition coefficient (Wildman–Crippen LogP) is 2.18. The topological polar surface area (TPSA) is 49.8 Å². The summed E-state index contributed by atoms with van der Waals surface area (Å²) in [5.74, 6) is 1.02. The predicted molar refractivity (Wildman–Crippen MR) is 78.4 cm³/mol. The van der Waals surface area contributed by atoms with Crippen molar-refractivity contribution in [2.75, 3.05) is 5.32 Å². The quantitative estimate of drug-likeness (QED) is 0.894. The van der Waals surface area contributed by atoms with Gasteiger partial charge in [-0.15, -0.1) is 0 Å². The molecule has 1 aliphatic heterocycles. The summed E-state index contributed by atoms with van der Waals surface area (Å²) < 4.78 is 0. The summed E-state index contributed by atoms with van der Waals surface area (Å²) in [5, 5.41) is 6.86. The second-order valence-corrected chi connectivity index (χ2v) is 5.56. The first kappa shape index (κ1) is 11.9. The van der Waals surface area contributed by atoms with E-state index in [4.69, 9.17) is 0 Å². The van der Waals surface area contributed by atoms with E-state index in [9.17, 15) is 0 Å². The molecule has 4 rings (SSSR count). The molecule has 20 heavy (non-hydrogen) atoms. The van der Waals surface area contributed by atoms with Gasteiger partial charge in [0.2, 0.25) is 0 Å². The molecule has 4 heteroatoms. The monoisotopic (exact) mass is 266 g/mol. The second kappa shape index (κ2) is 4.87. The van der Waals surface area contributed by atoms with Crippen molar-refractivity contribution in [1.29, 1.82) is 0 Å². The van der Waals surface area contributed by atoms with Crippen molar-refractivity contribution in [3.05, 3.63) is 52.5 Å². The molecule has 4 nitrogen and oxygen atoms in total. The minimum absolute atomic E-state index is 0.830. The molecule has 102 valence electrons. The van der Waals surface area contributed by atoms with Crippen LogP contribution in [-0.4, -0.2) is 9.97 Å². The van der Waals surface area contributed by atoms with Crippen molar-refractivity contribution in [2.45, 2.75) is 38.9 Å². The van der Waals surface area contributed by atoms with Crippen LogP contribution in [0.3, 0.4) is 0 Å². The smallest absolute Gasteiger partial charge is 0.133 e. The van der Waals surface area contributed by atoms with Gasteiger partial charge in [-0.1, -0.05) is 18.2 Å². The number of hydrogen-bond donors (Lipinski definition) is 2. The van der Waals surface area contributed by atoms with Crippen LogP contribution in [0.1, 0.15) is 34.4 Å². The number of benzene rings is 1. The normalized spacial score (nSPS) is 16.0. The maximum absolute atomic E-state index is 4.40. The van der Waals surface area contributed by atoms with Crippen LogP contribution in [0, 0.1) is 0 Å². The fraction of sp³-hybridized carbons (Fsp3) is 0.375. The molecule has 0 radical (unpaired) electrons. The molecular weight excluding hydrogens is 248 g/mol. The largest absolute Gasteiger partial charge is 0.366 e. The van der Waals surface area contributed by atoms with Crippen LogP contribution < -0.4 is 10.6 Å². The molecule has 0 atom stereocenters. The van der Waals surface area contributed by atoms with E-state index >= 15 is 0 Å². The Morgan fingerprint density at radius 3 is 3.05 bits per heavy atom. The summed E-state index contributed by atoms with van der Waals surface area (Å²) in [5.41, 5.74) is 6.71. The van der Waals surface area contributed by atoms with Gasteiger partial charge in [0.25, 0.3) is 0 Å². The van der Waals surface area contributed by atoms with Gasteiger partial charge in [-0.25, -0.2) is 9.97 Å². The Labute approximate surface area is 118 Å². The van der Waals surface area contributed by atoms with E-state index in [0.29, 0.717) is 0 Å². The fourth-order valence-electron chi connectivity index (χ4n) is 3.16. The van der Waals surface area contributed by atoms with Crippen LogP contribution in [0.5, 0.6) is 0 Å². The van der Waals surface area contributed by atoms with Gasteiger partial charge in [-0.2, -0.15) is 0 Å². The number of rotatable bonds is 3. The van der Waals surface area contributed by atoms with Crippen LogP contribution in [0.2, 0.25) is 0 Å². The molecule has 0 unspecified atom stereocenters. The van der Waals surface area contributed by atoms with Crippen molar-refractivity contribution in [1.82, 2.24) is 15.3 Å². The molecule has 1 aromatic carbocycles. The van der Waals surface area contributed by atoms with Gasteiger partial charge in [0, 0.05) is 30.9 Å². The first-order chi connectivity index (χ1) is 9.90. The van der Waals surface area contributed by atoms with E-state index in [-0.39, 0.29) is 0 Å². The summed E-state index contributed by atoms with van der Waals surface area (Å²) in [6.07, 6.45) is 5.08. The number of anilines is 1. The summed E-state index contributed by atoms with van der Waals surface area (Å²) in [4.78, 5) is 8.77. The molecule has 1 aromatic heterocycles. The summed E-state index contributed by atoms with van der Waals surface area (Å²) in [7, 11) is 0. The molecule has 2 aromatic rings. The molecule has 2 heterocycles. The van der Waals surface area contributed by atoms with Gasteiger partial charge in [-0.05, 0) is 36.0 Å². The molecule has 0 bridgehead atoms. The van der Waals surface area contributed by atoms with Gasteiger partial charge >= 0.3 is 0 Å². The standard InChI is InChI=1S/C16H18N4/c1-2-14-15(3-1)19-10-20-16(14)18-7-11-4-5-12-8-17-9-13(12)6-11/h4-6,10,17H,1-3,7-9H2,(H,18,19,20). The van der Waals surface area contributed by atoms with E-state index < -0.39 is 0 Å². The van der Waals surface area contributed by atoms with Crippen LogP contribution in [0.4, 0.5) is 5.82 Å². The molecule has 0 saturated carbocycles. The Morgan fingerprint density at radius 2 is 2.05 bits per heavy atom. The molecule has 0 fully saturated rings. The summed E-state index contributed by atoms with van der Waals surface area (Å²) in [6, 6.07) is 6.74. The zero-order chi connectivity index (χ0) is 13.4. The number of aryl methyl sites for hydroxylation is 1. The molecule has 0 spiro atoms. The lowest BCUT2D eigenvalue weighted by Gasteiger charge is -2.10. The number of aromatic nitrogens is 2. The van der Waals surface area contributed by atoms with Crippen molar-refractivity contribution < 1.29 is 0 Å². The van der Waals surface area contributed by atoms with Crippen LogP contribution >= 0.6 is 0 Å². The van der Waals surface area contributed by atoms with Gasteiger partial charge in [0.15, 0.2) is 0 Å². The lowest BCUT2D eigenvalue weighted by atomic mass is 10.1. The SMILES string of the molecule is c1nc2c(c(NCc3ccc4c(c3)CNC4)n1)CCC2. The highest BCUT2D eigenvalue weighted by atomic mass is 15.0. The van der Waals surface area contributed by atoms with Crippen molar-refractivity contribution in [3.8, 4) is 0 Å². The van der Waals surface area contributed by atoms with E-state index in [0.717, 1.165) is 38.3 Å². The molecule has 0 saturated heterocycles. The Balaban J connectivity index is 1.52. The first-order valence-electron chi connectivity index (χ1n) is 7.28. The fourth-order valence-corrected chi connectivity index (χ4v) is 3.16. The average molecular weight is 266 g/mol. The molecular formula is C16H18N4. The summed E-state index contributed by atoms with van der Waals surface area (Å²) in [6.45, 7) is 2.82. The van der Waals surface area contributed by atoms with Crippen molar-refractivity contribution in [3.63, 3.8) is 0 Å². The molecule has 2 aliphatic rings. The lowest BCUT2D eigenvalue weighted by molar-refractivity contribution is 0.764. The third kappa shape index (κ3) is 2.06. The van der Waals surface area contributed by atoms with E-state index in [1.54, 1.807) is 6.33 Å². The summed E-state index contributed by atoms with van der Waals surface area (Å²) >= 11 is 0. The highest BCUT2D eigenvalue weighted by molar-refractivity contribution is 5.48. The van der Waals surface area contributed by atoms with Gasteiger partial charge in [0.05, 0.1) is 0 Å². The van der Waals surface area contributed by atoms with E-state index in [1.165, 1.54) is 34.4 Å². The second-order valence-electron chi connectivity index (χ2n) is 5.56. The molecule has 0 amide bonds. The van der Waals surface area contributed by atoms with Gasteiger partial charge < -0.3 is 10.6 Å². The average Bonchev–Trinajstić information content (AvgIpc) is 3.13. The van der Waals surface area contributed by atoms with Gasteiger partial charge in [0.1, 0.15) is 12.1 Å². The van der Waals surface area contributed by atoms with Gasteiger partial charge in [-0.3, -0.25) is 0 Å². The van der Waals surface area contributed by atoms with E-state index in [1.807, 2.05) is 0 Å². The molecule has 1 aliphatic carbocycles. The first-order valence-corrected chi connectivity index (χ1v) is 7.28. The number of fused-ring (bicyclic) bond motifs is 2. The Kier molecular flexibility index (Phi) is 2.89. The maximum atomic E-state index is 4.40. The van der Waals surface area contributed by atoms with Crippen molar-refractivity contribution in [2.24, 2.45) is 0 Å². The zero-order valence-electron chi connectivity index (χ0n) is 11.4. The van der Waals surface area contributed by atoms with Crippen LogP contribution in [0.25, 0.3) is 0 Å². The number of nitrogens with zero attached hydrogens (tertiary/aromatic N) is 2. The Hall–Kier alpha value is -1.94. The number of nitrogens with one attached hydrogen (secondary N) is 2. The highest BCUT2D eigenvalue weighted by Crippen LogP contribution is 2.25. The third-order valence-corrected chi connectivity index (χ3v) is 4.24. The highest BCUT2D eigenvalue weighted by Gasteiger charge is 2.17. The van der Waals surface area contributed by atoms with Crippen LogP contribution in [0.15, 0.2) is 24.5 Å². The molecule has 2 N–H and O–H groups in total. The van der Waals surface area contributed by atoms with E-state index in [2.05, 4.69) is 38.8 Å². The van der Waals surface area contributed by atoms with Crippen LogP contribution in [-0.2, 0) is 32.5 Å². The zero-order valence-corrected chi connectivity index (χ0v) is 11.4. The Morgan fingerprint density at radius 1 is 1.10 bits per heavy atom. The third-order valence-electron chi connectivity index (χ3n) is 4.24. The maximum Gasteiger partial charge on any atom is 0.133 e. The Bertz CT molecular complexity index is 651.